The Kier molecular flexibility index (Phi) is 5.98. The average Bonchev–Trinajstić information content (AvgIpc) is 2.91. The molecular weight excluding hydrogens is 392 g/mol. The molecule has 3 aromatic rings. The van der Waals surface area contributed by atoms with Crippen LogP contribution in [0.2, 0.25) is 0 Å². The number of carbonyl (C=O) groups is 2. The summed E-state index contributed by atoms with van der Waals surface area (Å²) in [5.41, 5.74) is 11.3. The van der Waals surface area contributed by atoms with Crippen molar-refractivity contribution in [3.8, 4) is 5.75 Å². The largest absolute Gasteiger partial charge is 0.481 e. The monoisotopic (exact) mass is 420 g/mol. The smallest absolute Gasteiger partial charge is 0.341 e. The molecule has 0 radical (unpaired) electrons. The first kappa shape index (κ1) is 21.0. The summed E-state index contributed by atoms with van der Waals surface area (Å²) >= 11 is 0. The molecule has 1 aliphatic rings. The lowest BCUT2D eigenvalue weighted by molar-refractivity contribution is -0.139. The van der Waals surface area contributed by atoms with E-state index in [2.05, 4.69) is 35.8 Å². The van der Waals surface area contributed by atoms with Gasteiger partial charge in [-0.15, -0.1) is 0 Å². The van der Waals surface area contributed by atoms with Crippen LogP contribution in [0.3, 0.4) is 0 Å². The van der Waals surface area contributed by atoms with E-state index in [4.69, 9.17) is 15.6 Å². The molecule has 1 aliphatic carbocycles. The third-order valence-electron chi connectivity index (χ3n) is 6.14. The second-order valence-corrected chi connectivity index (χ2v) is 8.15. The van der Waals surface area contributed by atoms with Crippen LogP contribution in [0.5, 0.6) is 5.75 Å². The van der Waals surface area contributed by atoms with E-state index in [1.807, 2.05) is 12.1 Å². The second-order valence-electron chi connectivity index (χ2n) is 8.15. The number of primary amides is 1. The number of ether oxygens (including phenoxy) is 1. The lowest BCUT2D eigenvalue weighted by atomic mass is 9.92. The fraction of sp³-hybridized carbons (Fsp3) is 0.360. The van der Waals surface area contributed by atoms with Gasteiger partial charge in [-0.2, -0.15) is 0 Å². The minimum absolute atomic E-state index is 0.344. The van der Waals surface area contributed by atoms with Gasteiger partial charge < -0.3 is 20.1 Å². The molecule has 1 unspecified atom stereocenters. The lowest BCUT2D eigenvalue weighted by Crippen LogP contribution is -2.21. The first-order chi connectivity index (χ1) is 15.0. The Hall–Kier alpha value is -3.28. The highest BCUT2D eigenvalue weighted by Crippen LogP contribution is 2.42. The number of nitrogens with two attached hydrogens (primary N) is 1. The topological polar surface area (TPSA) is 94.6 Å². The normalized spacial score (nSPS) is 16.0. The molecule has 1 aromatic heterocycles. The van der Waals surface area contributed by atoms with Gasteiger partial charge in [-0.3, -0.25) is 4.79 Å². The molecule has 0 saturated carbocycles. The van der Waals surface area contributed by atoms with E-state index in [1.54, 1.807) is 6.07 Å². The number of fused-ring (bicyclic) bond motifs is 3. The maximum Gasteiger partial charge on any atom is 0.341 e. The van der Waals surface area contributed by atoms with Crippen molar-refractivity contribution >= 4 is 22.8 Å². The second kappa shape index (κ2) is 8.84. The lowest BCUT2D eigenvalue weighted by Gasteiger charge is -2.14. The van der Waals surface area contributed by atoms with Gasteiger partial charge in [0.25, 0.3) is 0 Å². The number of nitrogens with zero attached hydrogens (tertiary/aromatic N) is 1. The summed E-state index contributed by atoms with van der Waals surface area (Å²) in [5, 5.41) is 9.93. The maximum atomic E-state index is 12.4. The minimum atomic E-state index is -1.04. The highest BCUT2D eigenvalue weighted by Gasteiger charge is 2.31. The molecule has 0 bridgehead atoms. The first-order valence-corrected chi connectivity index (χ1v) is 10.8. The minimum Gasteiger partial charge on any atom is -0.481 e. The molecule has 6 heteroatoms. The number of rotatable bonds is 7. The molecule has 0 spiro atoms. The standard InChI is InChI=1S/C25H28N2O4/c1-2-16-7-5-8-17(13-16)14-27-19-10-4-3-9-18(25(26)30)23(19)24-20(27)11-6-12-21(24)31-15-22(28)29/h5-8,11-13,18H,2-4,9-10,14-15H2,1H3,(H2,26,30)(H,28,29). The zero-order chi connectivity index (χ0) is 22.0. The molecule has 162 valence electrons. The SMILES string of the molecule is CCc1cccc(Cn2c3c(c4c(OCC(=O)O)cccc42)C(C(N)=O)CCCC3)c1. The van der Waals surface area contributed by atoms with E-state index >= 15 is 0 Å². The molecule has 0 aliphatic heterocycles. The number of hydrogen-bond donors (Lipinski definition) is 2. The van der Waals surface area contributed by atoms with Gasteiger partial charge in [-0.05, 0) is 54.5 Å². The van der Waals surface area contributed by atoms with Crippen molar-refractivity contribution in [2.75, 3.05) is 6.61 Å². The van der Waals surface area contributed by atoms with Crippen LogP contribution >= 0.6 is 0 Å². The summed E-state index contributed by atoms with van der Waals surface area (Å²) in [7, 11) is 0. The predicted molar refractivity (Wildman–Crippen MR) is 119 cm³/mol. The molecule has 1 amide bonds. The zero-order valence-electron chi connectivity index (χ0n) is 17.8. The van der Waals surface area contributed by atoms with Crippen molar-refractivity contribution in [3.63, 3.8) is 0 Å². The van der Waals surface area contributed by atoms with E-state index in [-0.39, 0.29) is 5.91 Å². The highest BCUT2D eigenvalue weighted by molar-refractivity contribution is 5.97. The number of aromatic nitrogens is 1. The van der Waals surface area contributed by atoms with E-state index in [1.165, 1.54) is 11.1 Å². The zero-order valence-corrected chi connectivity index (χ0v) is 17.8. The van der Waals surface area contributed by atoms with Crippen molar-refractivity contribution in [2.45, 2.75) is 51.5 Å². The number of aliphatic carboxylic acids is 1. The van der Waals surface area contributed by atoms with Crippen LogP contribution in [0.4, 0.5) is 0 Å². The highest BCUT2D eigenvalue weighted by atomic mass is 16.5. The Morgan fingerprint density at radius 1 is 1.16 bits per heavy atom. The van der Waals surface area contributed by atoms with Crippen LogP contribution in [0.1, 0.15) is 54.5 Å². The summed E-state index contributed by atoms with van der Waals surface area (Å²) in [6.07, 6.45) is 4.41. The number of hydrogen-bond acceptors (Lipinski definition) is 3. The number of aryl methyl sites for hydroxylation is 1. The van der Waals surface area contributed by atoms with E-state index < -0.39 is 18.5 Å². The Labute approximate surface area is 181 Å². The van der Waals surface area contributed by atoms with Crippen LogP contribution in [0.15, 0.2) is 42.5 Å². The number of carbonyl (C=O) groups excluding carboxylic acids is 1. The van der Waals surface area contributed by atoms with Crippen LogP contribution in [-0.2, 0) is 29.0 Å². The molecule has 31 heavy (non-hydrogen) atoms. The van der Waals surface area contributed by atoms with Crippen molar-refractivity contribution in [2.24, 2.45) is 5.73 Å². The predicted octanol–water partition coefficient (Wildman–Crippen LogP) is 4.01. The van der Waals surface area contributed by atoms with Crippen molar-refractivity contribution in [3.05, 3.63) is 64.8 Å². The summed E-state index contributed by atoms with van der Waals surface area (Å²) < 4.78 is 7.91. The Morgan fingerprint density at radius 2 is 1.94 bits per heavy atom. The van der Waals surface area contributed by atoms with Gasteiger partial charge >= 0.3 is 5.97 Å². The van der Waals surface area contributed by atoms with Gasteiger partial charge in [0.15, 0.2) is 6.61 Å². The van der Waals surface area contributed by atoms with Crippen LogP contribution < -0.4 is 10.5 Å². The van der Waals surface area contributed by atoms with E-state index in [0.717, 1.165) is 47.8 Å². The Morgan fingerprint density at radius 3 is 2.68 bits per heavy atom. The summed E-state index contributed by atoms with van der Waals surface area (Å²) in [5.74, 6) is -1.29. The molecular formula is C25H28N2O4. The van der Waals surface area contributed by atoms with Gasteiger partial charge in [0.2, 0.25) is 5.91 Å². The van der Waals surface area contributed by atoms with Gasteiger partial charge in [-0.25, -0.2) is 4.79 Å². The maximum absolute atomic E-state index is 12.4. The third-order valence-corrected chi connectivity index (χ3v) is 6.14. The average molecular weight is 421 g/mol. The molecule has 2 aromatic carbocycles. The molecule has 1 atom stereocenters. The van der Waals surface area contributed by atoms with Crippen LogP contribution in [-0.4, -0.2) is 28.2 Å². The molecule has 1 heterocycles. The van der Waals surface area contributed by atoms with Gasteiger partial charge in [0.05, 0.1) is 11.4 Å². The van der Waals surface area contributed by atoms with Gasteiger partial charge in [0.1, 0.15) is 5.75 Å². The number of benzene rings is 2. The van der Waals surface area contributed by atoms with Crippen LogP contribution in [0, 0.1) is 0 Å². The number of carboxylic acid groups (broad SMARTS) is 1. The summed E-state index contributed by atoms with van der Waals surface area (Å²) in [6.45, 7) is 2.38. The molecule has 4 rings (SSSR count). The summed E-state index contributed by atoms with van der Waals surface area (Å²) in [6, 6.07) is 14.2. The van der Waals surface area contributed by atoms with Crippen LogP contribution in [0.25, 0.3) is 10.9 Å². The van der Waals surface area contributed by atoms with Gasteiger partial charge in [-0.1, -0.05) is 43.7 Å². The molecule has 6 nitrogen and oxygen atoms in total. The van der Waals surface area contributed by atoms with Crippen molar-refractivity contribution in [1.82, 2.24) is 4.57 Å². The number of amides is 1. The Balaban J connectivity index is 1.93. The number of carboxylic acids is 1. The van der Waals surface area contributed by atoms with Crippen molar-refractivity contribution in [1.29, 1.82) is 0 Å². The van der Waals surface area contributed by atoms with E-state index in [0.29, 0.717) is 18.7 Å². The molecule has 0 fully saturated rings. The fourth-order valence-electron chi connectivity index (χ4n) is 4.74. The Bertz CT molecular complexity index is 1130. The third kappa shape index (κ3) is 4.15. The van der Waals surface area contributed by atoms with E-state index in [9.17, 15) is 9.59 Å². The fourth-order valence-corrected chi connectivity index (χ4v) is 4.74. The first-order valence-electron chi connectivity index (χ1n) is 10.8. The molecule has 3 N–H and O–H groups in total. The summed E-state index contributed by atoms with van der Waals surface area (Å²) in [4.78, 5) is 23.5. The molecule has 0 saturated heterocycles. The van der Waals surface area contributed by atoms with Gasteiger partial charge in [0, 0.05) is 17.6 Å². The quantitative estimate of drug-likeness (QED) is 0.565. The van der Waals surface area contributed by atoms with Crippen molar-refractivity contribution < 1.29 is 19.4 Å².